The molecule has 0 aliphatic carbocycles. The highest BCUT2D eigenvalue weighted by molar-refractivity contribution is 6.42. The summed E-state index contributed by atoms with van der Waals surface area (Å²) in [6.07, 6.45) is 1.89. The van der Waals surface area contributed by atoms with Crippen LogP contribution in [-0.4, -0.2) is 27.8 Å². The number of amides is 1. The second-order valence-electron chi connectivity index (χ2n) is 7.67. The number of benzene rings is 3. The van der Waals surface area contributed by atoms with Crippen LogP contribution in [0, 0.1) is 10.1 Å². The largest absolute Gasteiger partial charge is 0.326 e. The van der Waals surface area contributed by atoms with Gasteiger partial charge in [-0.05, 0) is 36.6 Å². The molecule has 4 rings (SSSR count). The predicted molar refractivity (Wildman–Crippen MR) is 137 cm³/mol. The van der Waals surface area contributed by atoms with Gasteiger partial charge < -0.3 is 10.2 Å². The van der Waals surface area contributed by atoms with Crippen molar-refractivity contribution in [3.05, 3.63) is 96.7 Å². The summed E-state index contributed by atoms with van der Waals surface area (Å²) in [6, 6.07) is 16.9. The van der Waals surface area contributed by atoms with Gasteiger partial charge in [0, 0.05) is 24.4 Å². The Kier molecular flexibility index (Phi) is 7.28. The first-order chi connectivity index (χ1) is 16.9. The number of hydrogen-bond acceptors (Lipinski definition) is 6. The van der Waals surface area contributed by atoms with Crippen molar-refractivity contribution in [1.82, 2.24) is 9.97 Å². The second-order valence-corrected chi connectivity index (χ2v) is 8.49. The number of carbonyl (C=O) groups excluding carboxylic acids is 1. The number of halogens is 2. The quantitative estimate of drug-likeness (QED) is 0.174. The lowest BCUT2D eigenvalue weighted by atomic mass is 10.1. The van der Waals surface area contributed by atoms with E-state index in [0.29, 0.717) is 35.0 Å². The zero-order chi connectivity index (χ0) is 24.9. The van der Waals surface area contributed by atoms with Gasteiger partial charge in [0.1, 0.15) is 5.52 Å². The maximum Gasteiger partial charge on any atom is 0.272 e. The Morgan fingerprint density at radius 1 is 1.09 bits per heavy atom. The third-order valence-electron chi connectivity index (χ3n) is 5.31. The van der Waals surface area contributed by atoms with Crippen LogP contribution in [0.15, 0.2) is 65.5 Å². The van der Waals surface area contributed by atoms with Crippen LogP contribution in [-0.2, 0) is 11.2 Å². The van der Waals surface area contributed by atoms with Gasteiger partial charge in [-0.2, -0.15) is 0 Å². The molecule has 2 N–H and O–H groups in total. The molecule has 35 heavy (non-hydrogen) atoms. The molecule has 0 bridgehead atoms. The van der Waals surface area contributed by atoms with Gasteiger partial charge in [0.25, 0.3) is 11.2 Å². The van der Waals surface area contributed by atoms with E-state index < -0.39 is 10.5 Å². The standard InChI is InChI=1S/C24H19Cl2N5O4/c25-19-9-8-16(11-20(19)26)27-24-28-22-18(23(33)29-24)12-17(31(34)35)13-21(22)30(14-32)10-4-7-15-5-2-1-3-6-15/h1-3,5-6,8-9,11-14H,4,7,10H2,(H2,27,28,29,33). The lowest BCUT2D eigenvalue weighted by Crippen LogP contribution is -2.24. The zero-order valence-corrected chi connectivity index (χ0v) is 19.7. The van der Waals surface area contributed by atoms with Crippen LogP contribution >= 0.6 is 23.2 Å². The number of anilines is 3. The fourth-order valence-electron chi connectivity index (χ4n) is 3.63. The van der Waals surface area contributed by atoms with Crippen molar-refractivity contribution in [2.75, 3.05) is 16.8 Å². The van der Waals surface area contributed by atoms with Crippen molar-refractivity contribution < 1.29 is 9.72 Å². The molecule has 1 heterocycles. The van der Waals surface area contributed by atoms with E-state index >= 15 is 0 Å². The monoisotopic (exact) mass is 511 g/mol. The average Bonchev–Trinajstić information content (AvgIpc) is 2.84. The van der Waals surface area contributed by atoms with Gasteiger partial charge in [0.05, 0.1) is 26.0 Å². The second kappa shape index (κ2) is 10.5. The van der Waals surface area contributed by atoms with Crippen molar-refractivity contribution in [3.63, 3.8) is 0 Å². The number of aromatic amines is 1. The first-order valence-electron chi connectivity index (χ1n) is 10.6. The fraction of sp³-hybridized carbons (Fsp3) is 0.125. The number of non-ortho nitro benzene ring substituents is 1. The molecule has 11 heteroatoms. The number of nitro groups is 1. The maximum absolute atomic E-state index is 12.8. The van der Waals surface area contributed by atoms with E-state index in [1.54, 1.807) is 18.2 Å². The molecular weight excluding hydrogens is 493 g/mol. The first kappa shape index (κ1) is 24.2. The molecule has 9 nitrogen and oxygen atoms in total. The Bertz CT molecular complexity index is 1460. The van der Waals surface area contributed by atoms with Crippen LogP contribution in [0.2, 0.25) is 10.0 Å². The number of aromatic nitrogens is 2. The van der Waals surface area contributed by atoms with Crippen molar-refractivity contribution in [2.24, 2.45) is 0 Å². The molecule has 0 unspecified atom stereocenters. The number of H-pyrrole nitrogens is 1. The van der Waals surface area contributed by atoms with Crippen molar-refractivity contribution in [2.45, 2.75) is 12.8 Å². The fourth-order valence-corrected chi connectivity index (χ4v) is 3.93. The lowest BCUT2D eigenvalue weighted by Gasteiger charge is -2.19. The van der Waals surface area contributed by atoms with Crippen LogP contribution in [0.5, 0.6) is 0 Å². The van der Waals surface area contributed by atoms with Gasteiger partial charge in [-0.25, -0.2) is 4.98 Å². The normalized spacial score (nSPS) is 10.8. The molecule has 0 saturated heterocycles. The Morgan fingerprint density at radius 2 is 1.86 bits per heavy atom. The summed E-state index contributed by atoms with van der Waals surface area (Å²) >= 11 is 12.0. The Labute approximate surface area is 209 Å². The van der Waals surface area contributed by atoms with E-state index in [1.807, 2.05) is 30.3 Å². The van der Waals surface area contributed by atoms with Gasteiger partial charge in [-0.1, -0.05) is 53.5 Å². The molecule has 0 radical (unpaired) electrons. The molecule has 0 aliphatic rings. The molecule has 4 aromatic rings. The van der Waals surface area contributed by atoms with Crippen LogP contribution < -0.4 is 15.8 Å². The van der Waals surface area contributed by atoms with Gasteiger partial charge in [-0.15, -0.1) is 0 Å². The highest BCUT2D eigenvalue weighted by atomic mass is 35.5. The van der Waals surface area contributed by atoms with E-state index in [4.69, 9.17) is 23.2 Å². The number of nitrogens with one attached hydrogen (secondary N) is 2. The third kappa shape index (κ3) is 5.59. The van der Waals surface area contributed by atoms with E-state index in [2.05, 4.69) is 15.3 Å². The number of nitro benzene ring substituents is 1. The third-order valence-corrected chi connectivity index (χ3v) is 6.05. The molecule has 178 valence electrons. The van der Waals surface area contributed by atoms with E-state index in [1.165, 1.54) is 11.0 Å². The summed E-state index contributed by atoms with van der Waals surface area (Å²) in [5.41, 5.74) is 1.01. The van der Waals surface area contributed by atoms with Crippen molar-refractivity contribution >= 4 is 63.5 Å². The summed E-state index contributed by atoms with van der Waals surface area (Å²) in [5, 5.41) is 15.1. The van der Waals surface area contributed by atoms with E-state index in [0.717, 1.165) is 11.6 Å². The predicted octanol–water partition coefficient (Wildman–Crippen LogP) is 5.48. The topological polar surface area (TPSA) is 121 Å². The van der Waals surface area contributed by atoms with Crippen LogP contribution in [0.3, 0.4) is 0 Å². The molecule has 0 saturated carbocycles. The molecule has 1 amide bonds. The highest BCUT2D eigenvalue weighted by Crippen LogP contribution is 2.31. The Balaban J connectivity index is 1.72. The minimum Gasteiger partial charge on any atom is -0.326 e. The van der Waals surface area contributed by atoms with Gasteiger partial charge in [0.2, 0.25) is 12.4 Å². The molecular formula is C24H19Cl2N5O4. The van der Waals surface area contributed by atoms with Crippen LogP contribution in [0.25, 0.3) is 10.9 Å². The Morgan fingerprint density at radius 3 is 2.54 bits per heavy atom. The molecule has 0 atom stereocenters. The number of fused-ring (bicyclic) bond motifs is 1. The summed E-state index contributed by atoms with van der Waals surface area (Å²) in [4.78, 5) is 44.1. The summed E-state index contributed by atoms with van der Waals surface area (Å²) in [6.45, 7) is 0.276. The van der Waals surface area contributed by atoms with Gasteiger partial charge in [-0.3, -0.25) is 24.7 Å². The van der Waals surface area contributed by atoms with Gasteiger partial charge in [0.15, 0.2) is 0 Å². The number of rotatable bonds is 9. The smallest absolute Gasteiger partial charge is 0.272 e. The molecule has 0 spiro atoms. The Hall–Kier alpha value is -3.95. The summed E-state index contributed by atoms with van der Waals surface area (Å²) < 4.78 is 0. The minimum atomic E-state index is -0.614. The first-order valence-corrected chi connectivity index (χ1v) is 11.3. The SMILES string of the molecule is O=CN(CCCc1ccccc1)c1cc([N+](=O)[O-])cc2c(=O)[nH]c(Nc3ccc(Cl)c(Cl)c3)nc12. The van der Waals surface area contributed by atoms with E-state index in [-0.39, 0.29) is 34.8 Å². The number of aryl methyl sites for hydroxylation is 1. The molecule has 1 aromatic heterocycles. The van der Waals surface area contributed by atoms with Crippen LogP contribution in [0.1, 0.15) is 12.0 Å². The zero-order valence-electron chi connectivity index (χ0n) is 18.2. The molecule has 0 aliphatic heterocycles. The average molecular weight is 512 g/mol. The van der Waals surface area contributed by atoms with Crippen LogP contribution in [0.4, 0.5) is 23.0 Å². The molecule has 0 fully saturated rings. The highest BCUT2D eigenvalue weighted by Gasteiger charge is 2.20. The number of carbonyl (C=O) groups is 1. The minimum absolute atomic E-state index is 0.0104. The lowest BCUT2D eigenvalue weighted by molar-refractivity contribution is -0.384. The number of nitrogens with zero attached hydrogens (tertiary/aromatic N) is 3. The van der Waals surface area contributed by atoms with E-state index in [9.17, 15) is 19.7 Å². The number of hydrogen-bond donors (Lipinski definition) is 2. The van der Waals surface area contributed by atoms with Crippen molar-refractivity contribution in [1.29, 1.82) is 0 Å². The van der Waals surface area contributed by atoms with Gasteiger partial charge >= 0.3 is 0 Å². The molecule has 3 aromatic carbocycles. The summed E-state index contributed by atoms with van der Waals surface area (Å²) in [5.74, 6) is 0.0751. The van der Waals surface area contributed by atoms with Crippen molar-refractivity contribution in [3.8, 4) is 0 Å². The summed E-state index contributed by atoms with van der Waals surface area (Å²) in [7, 11) is 0. The maximum atomic E-state index is 12.8.